The van der Waals surface area contributed by atoms with Crippen LogP contribution < -0.4 is 16.0 Å². The Balaban J connectivity index is 2.15. The molecule has 1 amide bonds. The van der Waals surface area contributed by atoms with E-state index in [9.17, 15) is 4.79 Å². The highest BCUT2D eigenvalue weighted by Gasteiger charge is 2.25. The summed E-state index contributed by atoms with van der Waals surface area (Å²) in [6, 6.07) is 5.97. The van der Waals surface area contributed by atoms with Crippen molar-refractivity contribution >= 4 is 23.2 Å². The normalized spacial score (nSPS) is 18.8. The number of halogens is 1. The summed E-state index contributed by atoms with van der Waals surface area (Å²) in [5.74, 6) is -0.245. The number of carbonyl (C=O) groups excluding carboxylic acids is 1. The first-order valence-electron chi connectivity index (χ1n) is 7.65. The number of benzene rings is 1. The van der Waals surface area contributed by atoms with Crippen LogP contribution in [0.4, 0.5) is 5.69 Å². The van der Waals surface area contributed by atoms with E-state index in [2.05, 4.69) is 23.2 Å². The van der Waals surface area contributed by atoms with Crippen molar-refractivity contribution in [2.45, 2.75) is 32.7 Å². The fourth-order valence-corrected chi connectivity index (χ4v) is 3.03. The number of anilines is 1. The summed E-state index contributed by atoms with van der Waals surface area (Å²) < 4.78 is 0. The van der Waals surface area contributed by atoms with Crippen molar-refractivity contribution in [2.75, 3.05) is 24.5 Å². The lowest BCUT2D eigenvalue weighted by Gasteiger charge is -2.34. The van der Waals surface area contributed by atoms with Crippen molar-refractivity contribution in [3.8, 4) is 0 Å². The molecule has 21 heavy (non-hydrogen) atoms. The number of primary amides is 1. The van der Waals surface area contributed by atoms with Crippen molar-refractivity contribution in [1.29, 1.82) is 0 Å². The Labute approximate surface area is 131 Å². The Kier molecular flexibility index (Phi) is 5.88. The first-order chi connectivity index (χ1) is 10.1. The molecular weight excluding hydrogens is 286 g/mol. The highest BCUT2D eigenvalue weighted by atomic mass is 35.5. The minimum absolute atomic E-state index is 0.0501. The third-order valence-electron chi connectivity index (χ3n) is 3.95. The van der Waals surface area contributed by atoms with Crippen molar-refractivity contribution in [3.63, 3.8) is 0 Å². The van der Waals surface area contributed by atoms with Crippen LogP contribution in [0.5, 0.6) is 0 Å². The minimum Gasteiger partial charge on any atom is -0.370 e. The Hall–Kier alpha value is -1.26. The predicted molar refractivity (Wildman–Crippen MR) is 87.6 cm³/mol. The van der Waals surface area contributed by atoms with Gasteiger partial charge in [-0.3, -0.25) is 4.79 Å². The molecule has 1 unspecified atom stereocenters. The average Bonchev–Trinajstić information content (AvgIpc) is 2.48. The van der Waals surface area contributed by atoms with E-state index in [0.717, 1.165) is 49.6 Å². The van der Waals surface area contributed by atoms with Crippen LogP contribution in [0, 0.1) is 5.92 Å². The molecule has 0 aromatic heterocycles. The number of hydrogen-bond acceptors (Lipinski definition) is 3. The maximum Gasteiger partial charge on any atom is 0.222 e. The van der Waals surface area contributed by atoms with Gasteiger partial charge in [-0.05, 0) is 49.6 Å². The number of hydrogen-bond donors (Lipinski definition) is 2. The molecule has 1 atom stereocenters. The van der Waals surface area contributed by atoms with Crippen LogP contribution in [0.2, 0.25) is 5.02 Å². The van der Waals surface area contributed by atoms with Gasteiger partial charge >= 0.3 is 0 Å². The Morgan fingerprint density at radius 2 is 2.33 bits per heavy atom. The van der Waals surface area contributed by atoms with Gasteiger partial charge in [0.25, 0.3) is 0 Å². The topological polar surface area (TPSA) is 58.4 Å². The van der Waals surface area contributed by atoms with Crippen LogP contribution in [0.3, 0.4) is 0 Å². The zero-order valence-corrected chi connectivity index (χ0v) is 13.3. The fourth-order valence-electron chi connectivity index (χ4n) is 2.83. The van der Waals surface area contributed by atoms with Crippen molar-refractivity contribution in [2.24, 2.45) is 11.7 Å². The zero-order valence-electron chi connectivity index (χ0n) is 12.6. The van der Waals surface area contributed by atoms with Crippen molar-refractivity contribution < 1.29 is 4.79 Å². The molecule has 0 aliphatic carbocycles. The molecule has 2 rings (SSSR count). The standard InChI is InChI=1S/C16H24ClN3O/c1-2-7-19-10-13-9-14(17)5-6-15(13)20-8-3-4-12(11-20)16(18)21/h5-6,9,12,19H,2-4,7-8,10-11H2,1H3,(H2,18,21). The molecule has 0 spiro atoms. The van der Waals surface area contributed by atoms with E-state index < -0.39 is 0 Å². The number of amides is 1. The highest BCUT2D eigenvalue weighted by molar-refractivity contribution is 6.30. The van der Waals surface area contributed by atoms with Gasteiger partial charge < -0.3 is 16.0 Å². The molecule has 4 nitrogen and oxygen atoms in total. The van der Waals surface area contributed by atoms with E-state index in [4.69, 9.17) is 17.3 Å². The molecule has 1 heterocycles. The molecule has 1 aromatic rings. The molecule has 1 fully saturated rings. The first kappa shape index (κ1) is 16.1. The summed E-state index contributed by atoms with van der Waals surface area (Å²) in [5, 5.41) is 4.16. The van der Waals surface area contributed by atoms with Crippen LogP contribution in [-0.2, 0) is 11.3 Å². The van der Waals surface area contributed by atoms with Crippen LogP contribution >= 0.6 is 11.6 Å². The third-order valence-corrected chi connectivity index (χ3v) is 4.18. The lowest BCUT2D eigenvalue weighted by molar-refractivity contribution is -0.122. The van der Waals surface area contributed by atoms with Gasteiger partial charge in [-0.1, -0.05) is 18.5 Å². The van der Waals surface area contributed by atoms with E-state index in [1.165, 1.54) is 5.56 Å². The van der Waals surface area contributed by atoms with Crippen LogP contribution in [0.15, 0.2) is 18.2 Å². The van der Waals surface area contributed by atoms with Gasteiger partial charge in [0, 0.05) is 30.3 Å². The number of nitrogens with zero attached hydrogens (tertiary/aromatic N) is 1. The molecule has 5 heteroatoms. The number of nitrogens with two attached hydrogens (primary N) is 1. The van der Waals surface area contributed by atoms with Crippen LogP contribution in [0.1, 0.15) is 31.7 Å². The summed E-state index contributed by atoms with van der Waals surface area (Å²) >= 11 is 6.13. The Morgan fingerprint density at radius 3 is 3.05 bits per heavy atom. The van der Waals surface area contributed by atoms with Gasteiger partial charge in [0.2, 0.25) is 5.91 Å². The molecule has 116 valence electrons. The second-order valence-electron chi connectivity index (χ2n) is 5.64. The van der Waals surface area contributed by atoms with Gasteiger partial charge in [0.1, 0.15) is 0 Å². The lowest BCUT2D eigenvalue weighted by atomic mass is 9.96. The minimum atomic E-state index is -0.195. The Bertz CT molecular complexity index is 492. The van der Waals surface area contributed by atoms with E-state index in [1.54, 1.807) is 0 Å². The van der Waals surface area contributed by atoms with E-state index in [0.29, 0.717) is 6.54 Å². The monoisotopic (exact) mass is 309 g/mol. The maximum atomic E-state index is 11.4. The van der Waals surface area contributed by atoms with Crippen molar-refractivity contribution in [1.82, 2.24) is 5.32 Å². The summed E-state index contributed by atoms with van der Waals surface area (Å²) in [6.07, 6.45) is 2.99. The number of rotatable bonds is 6. The average molecular weight is 310 g/mol. The number of piperidine rings is 1. The molecular formula is C16H24ClN3O. The van der Waals surface area contributed by atoms with Crippen molar-refractivity contribution in [3.05, 3.63) is 28.8 Å². The zero-order chi connectivity index (χ0) is 15.2. The molecule has 0 bridgehead atoms. The molecule has 1 aromatic carbocycles. The van der Waals surface area contributed by atoms with E-state index >= 15 is 0 Å². The summed E-state index contributed by atoms with van der Waals surface area (Å²) in [7, 11) is 0. The van der Waals surface area contributed by atoms with E-state index in [-0.39, 0.29) is 11.8 Å². The SMILES string of the molecule is CCCNCc1cc(Cl)ccc1N1CCCC(C(N)=O)C1. The molecule has 3 N–H and O–H groups in total. The number of nitrogens with one attached hydrogen (secondary N) is 1. The summed E-state index contributed by atoms with van der Waals surface area (Å²) in [5.41, 5.74) is 7.81. The summed E-state index contributed by atoms with van der Waals surface area (Å²) in [6.45, 7) is 5.59. The molecule has 1 aliphatic heterocycles. The molecule has 1 aliphatic rings. The third kappa shape index (κ3) is 4.35. The van der Waals surface area contributed by atoms with Crippen LogP contribution in [0.25, 0.3) is 0 Å². The second kappa shape index (κ2) is 7.66. The number of carbonyl (C=O) groups is 1. The quantitative estimate of drug-likeness (QED) is 0.794. The largest absolute Gasteiger partial charge is 0.370 e. The molecule has 0 saturated carbocycles. The summed E-state index contributed by atoms with van der Waals surface area (Å²) in [4.78, 5) is 13.7. The fraction of sp³-hybridized carbons (Fsp3) is 0.562. The highest BCUT2D eigenvalue weighted by Crippen LogP contribution is 2.28. The van der Waals surface area contributed by atoms with Gasteiger partial charge in [-0.15, -0.1) is 0 Å². The lowest BCUT2D eigenvalue weighted by Crippen LogP contribution is -2.41. The van der Waals surface area contributed by atoms with Gasteiger partial charge in [-0.25, -0.2) is 0 Å². The first-order valence-corrected chi connectivity index (χ1v) is 8.03. The van der Waals surface area contributed by atoms with Crippen LogP contribution in [-0.4, -0.2) is 25.5 Å². The Morgan fingerprint density at radius 1 is 1.52 bits per heavy atom. The molecule has 1 saturated heterocycles. The van der Waals surface area contributed by atoms with E-state index in [1.807, 2.05) is 12.1 Å². The van der Waals surface area contributed by atoms with Gasteiger partial charge in [0.05, 0.1) is 5.92 Å². The second-order valence-corrected chi connectivity index (χ2v) is 6.07. The smallest absolute Gasteiger partial charge is 0.222 e. The van der Waals surface area contributed by atoms with Gasteiger partial charge in [-0.2, -0.15) is 0 Å². The molecule has 0 radical (unpaired) electrons. The predicted octanol–water partition coefficient (Wildman–Crippen LogP) is 2.54. The maximum absolute atomic E-state index is 11.4. The van der Waals surface area contributed by atoms with Gasteiger partial charge in [0.15, 0.2) is 0 Å².